The van der Waals surface area contributed by atoms with Crippen LogP contribution in [0.2, 0.25) is 0 Å². The van der Waals surface area contributed by atoms with Crippen LogP contribution in [0.1, 0.15) is 85.7 Å². The van der Waals surface area contributed by atoms with Gasteiger partial charge in [0, 0.05) is 36.7 Å². The predicted molar refractivity (Wildman–Crippen MR) is 198 cm³/mol. The SMILES string of the molecule is CC(C)c1cn2ccnc(O[C@@H]3CC[C@@H](C)N(C(=O)c4ccc(O[C@@H]5CC[C@@H](C)N(C(=O)c6ccccc6-n6nccn6)C5)cc4-n4nccn4)C3)c2n1. The van der Waals surface area contributed by atoms with Gasteiger partial charge in [0.25, 0.3) is 17.7 Å². The van der Waals surface area contributed by atoms with E-state index in [1.54, 1.807) is 55.2 Å². The Hall–Kier alpha value is -6.12. The molecule has 0 aliphatic carbocycles. The first kappa shape index (κ1) is 34.9. The lowest BCUT2D eigenvalue weighted by molar-refractivity contribution is 0.0370. The van der Waals surface area contributed by atoms with Crippen LogP contribution >= 0.6 is 0 Å². The highest BCUT2D eigenvalue weighted by Crippen LogP contribution is 2.31. The first-order valence-electron chi connectivity index (χ1n) is 18.5. The van der Waals surface area contributed by atoms with Crippen LogP contribution in [0.25, 0.3) is 17.0 Å². The van der Waals surface area contributed by atoms with Gasteiger partial charge in [0.1, 0.15) is 23.6 Å². The molecule has 15 heteroatoms. The van der Waals surface area contributed by atoms with Crippen molar-refractivity contribution in [1.82, 2.24) is 54.2 Å². The summed E-state index contributed by atoms with van der Waals surface area (Å²) in [6.07, 6.45) is 14.4. The van der Waals surface area contributed by atoms with E-state index in [1.165, 1.54) is 9.59 Å². The van der Waals surface area contributed by atoms with Crippen molar-refractivity contribution in [1.29, 1.82) is 0 Å². The molecule has 2 amide bonds. The summed E-state index contributed by atoms with van der Waals surface area (Å²) in [5.41, 5.74) is 3.71. The molecular weight excluding hydrogens is 687 g/mol. The number of hydrogen-bond acceptors (Lipinski definition) is 10. The molecule has 278 valence electrons. The largest absolute Gasteiger partial charge is 0.489 e. The molecule has 2 aromatic carbocycles. The average Bonchev–Trinajstić information content (AvgIpc) is 3.99. The Labute approximate surface area is 312 Å². The van der Waals surface area contributed by atoms with Gasteiger partial charge in [0.2, 0.25) is 5.65 Å². The van der Waals surface area contributed by atoms with Crippen molar-refractivity contribution in [2.75, 3.05) is 13.1 Å². The highest BCUT2D eigenvalue weighted by Gasteiger charge is 2.35. The van der Waals surface area contributed by atoms with Crippen LogP contribution in [0.4, 0.5) is 0 Å². The summed E-state index contributed by atoms with van der Waals surface area (Å²) in [7, 11) is 0. The van der Waals surface area contributed by atoms with Crippen molar-refractivity contribution in [2.45, 2.75) is 83.6 Å². The van der Waals surface area contributed by atoms with Crippen LogP contribution in [0, 0.1) is 0 Å². The van der Waals surface area contributed by atoms with Crippen LogP contribution in [0.3, 0.4) is 0 Å². The van der Waals surface area contributed by atoms with Gasteiger partial charge in [-0.1, -0.05) is 26.0 Å². The molecule has 4 atom stereocenters. The number of rotatable bonds is 9. The Morgan fingerprint density at radius 3 is 1.96 bits per heavy atom. The van der Waals surface area contributed by atoms with E-state index in [0.717, 1.165) is 31.4 Å². The van der Waals surface area contributed by atoms with Gasteiger partial charge < -0.3 is 23.7 Å². The molecule has 2 aliphatic rings. The Kier molecular flexibility index (Phi) is 9.52. The highest BCUT2D eigenvalue weighted by molar-refractivity contribution is 5.99. The number of aromatic nitrogens is 9. The van der Waals surface area contributed by atoms with Crippen molar-refractivity contribution < 1.29 is 19.1 Å². The van der Waals surface area contributed by atoms with E-state index >= 15 is 0 Å². The quantitative estimate of drug-likeness (QED) is 0.195. The second-order valence-corrected chi connectivity index (χ2v) is 14.4. The van der Waals surface area contributed by atoms with Gasteiger partial charge in [-0.15, -0.1) is 0 Å². The van der Waals surface area contributed by atoms with Crippen LogP contribution in [0.15, 0.2) is 85.8 Å². The predicted octanol–water partition coefficient (Wildman–Crippen LogP) is 5.16. The number of ether oxygens (including phenoxy) is 2. The van der Waals surface area contributed by atoms with E-state index in [2.05, 4.69) is 53.1 Å². The molecule has 2 saturated heterocycles. The third kappa shape index (κ3) is 6.88. The van der Waals surface area contributed by atoms with Gasteiger partial charge in [-0.05, 0) is 69.7 Å². The van der Waals surface area contributed by atoms with E-state index in [1.807, 2.05) is 44.8 Å². The molecule has 2 fully saturated rings. The fraction of sp³-hybridized carbons (Fsp3) is 0.385. The molecule has 0 bridgehead atoms. The van der Waals surface area contributed by atoms with Crippen molar-refractivity contribution in [3.05, 3.63) is 103 Å². The highest BCUT2D eigenvalue weighted by atomic mass is 16.5. The number of para-hydroxylation sites is 1. The number of nitrogens with zero attached hydrogens (tertiary/aromatic N) is 11. The van der Waals surface area contributed by atoms with E-state index < -0.39 is 0 Å². The molecular formula is C39H43N11O4. The molecule has 0 unspecified atom stereocenters. The molecule has 0 N–H and O–H groups in total. The summed E-state index contributed by atoms with van der Waals surface area (Å²) in [4.78, 5) is 44.2. The van der Waals surface area contributed by atoms with E-state index in [9.17, 15) is 9.59 Å². The maximum Gasteiger partial charge on any atom is 0.258 e. The third-order valence-corrected chi connectivity index (χ3v) is 10.3. The number of piperidine rings is 2. The van der Waals surface area contributed by atoms with Gasteiger partial charge >= 0.3 is 0 Å². The van der Waals surface area contributed by atoms with Gasteiger partial charge in [0.05, 0.1) is 60.4 Å². The maximum absolute atomic E-state index is 14.4. The van der Waals surface area contributed by atoms with Gasteiger partial charge in [-0.25, -0.2) is 9.97 Å². The molecule has 0 spiro atoms. The minimum atomic E-state index is -0.273. The van der Waals surface area contributed by atoms with Gasteiger partial charge in [0.15, 0.2) is 0 Å². The van der Waals surface area contributed by atoms with Crippen molar-refractivity contribution in [3.8, 4) is 23.0 Å². The second-order valence-electron chi connectivity index (χ2n) is 14.4. The molecule has 8 rings (SSSR count). The normalized spacial score (nSPS) is 20.4. The number of amides is 2. The third-order valence-electron chi connectivity index (χ3n) is 10.3. The number of carbonyl (C=O) groups excluding carboxylic acids is 2. The van der Waals surface area contributed by atoms with Gasteiger partial charge in [-0.3, -0.25) is 9.59 Å². The Morgan fingerprint density at radius 1 is 0.722 bits per heavy atom. The minimum absolute atomic E-state index is 0.0140. The van der Waals surface area contributed by atoms with E-state index in [0.29, 0.717) is 52.9 Å². The van der Waals surface area contributed by atoms with Crippen molar-refractivity contribution in [2.24, 2.45) is 0 Å². The standard InChI is InChI=1S/C39H43N11O4/c1-25(2)33-24-46-20-19-40-37(36(46)45-33)54-30-12-10-27(4)48(23-30)39(52)32-14-13-28(21-35(32)50-43-17-18-44-50)53-29-11-9-26(3)47(22-29)38(51)31-7-5-6-8-34(31)49-41-15-16-42-49/h5-8,13-21,24-27,29-30H,9-12,22-23H2,1-4H3/t26-,27-,29-,30-/m1/s1. The molecule has 0 radical (unpaired) electrons. The Balaban J connectivity index is 1.01. The molecule has 0 saturated carbocycles. The molecule has 6 aromatic rings. The monoisotopic (exact) mass is 729 g/mol. The Morgan fingerprint density at radius 2 is 1.31 bits per heavy atom. The molecule has 2 aliphatic heterocycles. The molecule has 4 aromatic heterocycles. The number of imidazole rings is 1. The van der Waals surface area contributed by atoms with Crippen LogP contribution in [-0.4, -0.2) is 103 Å². The van der Waals surface area contributed by atoms with Crippen molar-refractivity contribution >= 4 is 17.5 Å². The summed E-state index contributed by atoms with van der Waals surface area (Å²) < 4.78 is 14.9. The van der Waals surface area contributed by atoms with Crippen LogP contribution < -0.4 is 9.47 Å². The number of carbonyl (C=O) groups is 2. The molecule has 6 heterocycles. The topological polar surface area (TPSA) is 151 Å². The summed E-state index contributed by atoms with van der Waals surface area (Å²) >= 11 is 0. The van der Waals surface area contributed by atoms with Crippen LogP contribution in [0.5, 0.6) is 11.6 Å². The Bertz CT molecular complexity index is 2250. The zero-order valence-corrected chi connectivity index (χ0v) is 30.8. The zero-order chi connectivity index (χ0) is 37.3. The summed E-state index contributed by atoms with van der Waals surface area (Å²) in [6, 6.07) is 12.7. The van der Waals surface area contributed by atoms with E-state index in [-0.39, 0.29) is 42.0 Å². The minimum Gasteiger partial charge on any atom is -0.489 e. The fourth-order valence-electron chi connectivity index (χ4n) is 7.28. The summed E-state index contributed by atoms with van der Waals surface area (Å²) in [5.74, 6) is 1.01. The number of benzene rings is 2. The second kappa shape index (κ2) is 14.7. The number of hydrogen-bond donors (Lipinski definition) is 0. The summed E-state index contributed by atoms with van der Waals surface area (Å²) in [5, 5.41) is 17.2. The first-order chi connectivity index (χ1) is 26.2. The van der Waals surface area contributed by atoms with E-state index in [4.69, 9.17) is 14.5 Å². The molecule has 54 heavy (non-hydrogen) atoms. The lowest BCUT2D eigenvalue weighted by Gasteiger charge is -2.38. The average molecular weight is 730 g/mol. The lowest BCUT2D eigenvalue weighted by atomic mass is 9.99. The first-order valence-corrected chi connectivity index (χ1v) is 18.5. The number of fused-ring (bicyclic) bond motifs is 1. The molecule has 15 nitrogen and oxygen atoms in total. The smallest absolute Gasteiger partial charge is 0.258 e. The summed E-state index contributed by atoms with van der Waals surface area (Å²) in [6.45, 7) is 9.09. The lowest BCUT2D eigenvalue weighted by Crippen LogP contribution is -2.49. The van der Waals surface area contributed by atoms with Gasteiger partial charge in [-0.2, -0.15) is 30.0 Å². The van der Waals surface area contributed by atoms with Crippen LogP contribution in [-0.2, 0) is 0 Å². The van der Waals surface area contributed by atoms with Crippen molar-refractivity contribution in [3.63, 3.8) is 0 Å². The zero-order valence-electron chi connectivity index (χ0n) is 30.8. The maximum atomic E-state index is 14.4. The number of likely N-dealkylation sites (tertiary alicyclic amines) is 2. The fourth-order valence-corrected chi connectivity index (χ4v) is 7.28.